The van der Waals surface area contributed by atoms with Gasteiger partial charge >= 0.3 is 0 Å². The fourth-order valence-corrected chi connectivity index (χ4v) is 2.51. The van der Waals surface area contributed by atoms with Crippen LogP contribution >= 0.6 is 0 Å². The van der Waals surface area contributed by atoms with E-state index in [4.69, 9.17) is 4.42 Å². The van der Waals surface area contributed by atoms with Crippen LogP contribution in [0.5, 0.6) is 0 Å². The van der Waals surface area contributed by atoms with Crippen molar-refractivity contribution >= 4 is 0 Å². The predicted molar refractivity (Wildman–Crippen MR) is 90.5 cm³/mol. The number of unbranched alkanes of at least 4 members (excludes halogenated alkanes) is 2. The van der Waals surface area contributed by atoms with Crippen LogP contribution in [0.4, 0.5) is 0 Å². The van der Waals surface area contributed by atoms with Crippen molar-refractivity contribution in [2.75, 3.05) is 13.1 Å². The van der Waals surface area contributed by atoms with Gasteiger partial charge in [0.25, 0.3) is 0 Å². The number of furan rings is 1. The Morgan fingerprint density at radius 3 is 2.57 bits per heavy atom. The van der Waals surface area contributed by atoms with E-state index in [0.717, 1.165) is 44.1 Å². The molecule has 0 atom stereocenters. The van der Waals surface area contributed by atoms with Crippen molar-refractivity contribution in [2.45, 2.75) is 79.4 Å². The van der Waals surface area contributed by atoms with Crippen LogP contribution in [0.2, 0.25) is 0 Å². The highest BCUT2D eigenvalue weighted by Gasteiger charge is 2.14. The topological polar surface area (TPSA) is 28.4 Å². The number of aryl methyl sites for hydroxylation is 1. The predicted octanol–water partition coefficient (Wildman–Crippen LogP) is 4.49. The number of rotatable bonds is 11. The first-order valence-electron chi connectivity index (χ1n) is 8.61. The van der Waals surface area contributed by atoms with Gasteiger partial charge in [0.2, 0.25) is 0 Å². The molecule has 3 nitrogen and oxygen atoms in total. The zero-order valence-electron chi connectivity index (χ0n) is 14.7. The molecular formula is C18H34N2O. The molecule has 1 N–H and O–H groups in total. The molecule has 0 amide bonds. The quantitative estimate of drug-likeness (QED) is 0.610. The summed E-state index contributed by atoms with van der Waals surface area (Å²) in [5.74, 6) is 2.20. The van der Waals surface area contributed by atoms with E-state index in [-0.39, 0.29) is 0 Å². The molecule has 0 saturated carbocycles. The van der Waals surface area contributed by atoms with Gasteiger partial charge in [0, 0.05) is 6.04 Å². The van der Waals surface area contributed by atoms with Crippen molar-refractivity contribution in [2.24, 2.45) is 0 Å². The van der Waals surface area contributed by atoms with Crippen molar-refractivity contribution in [3.63, 3.8) is 0 Å². The van der Waals surface area contributed by atoms with Crippen LogP contribution in [-0.2, 0) is 13.1 Å². The number of nitrogens with zero attached hydrogens (tertiary/aromatic N) is 1. The second kappa shape index (κ2) is 10.0. The molecule has 0 fully saturated rings. The van der Waals surface area contributed by atoms with Crippen LogP contribution in [0.15, 0.2) is 10.5 Å². The summed E-state index contributed by atoms with van der Waals surface area (Å²) < 4.78 is 6.04. The van der Waals surface area contributed by atoms with Gasteiger partial charge in [-0.25, -0.2) is 0 Å². The molecule has 0 aromatic carbocycles. The minimum Gasteiger partial charge on any atom is -0.463 e. The Hall–Kier alpha value is -0.800. The normalized spacial score (nSPS) is 11.8. The van der Waals surface area contributed by atoms with Crippen LogP contribution in [0.25, 0.3) is 0 Å². The summed E-state index contributed by atoms with van der Waals surface area (Å²) in [5.41, 5.74) is 1.27. The Morgan fingerprint density at radius 2 is 1.95 bits per heavy atom. The summed E-state index contributed by atoms with van der Waals surface area (Å²) in [5, 5.41) is 3.42. The average Bonchev–Trinajstić information content (AvgIpc) is 2.78. The Labute approximate surface area is 131 Å². The first-order chi connectivity index (χ1) is 10.1. The molecule has 1 rings (SSSR count). The van der Waals surface area contributed by atoms with Gasteiger partial charge in [-0.2, -0.15) is 0 Å². The number of hydrogen-bond donors (Lipinski definition) is 1. The zero-order chi connectivity index (χ0) is 15.7. The fraction of sp³-hybridized carbons (Fsp3) is 0.778. The molecule has 1 heterocycles. The summed E-state index contributed by atoms with van der Waals surface area (Å²) in [6, 6.07) is 2.77. The second-order valence-electron chi connectivity index (χ2n) is 6.27. The van der Waals surface area contributed by atoms with Crippen LogP contribution in [0.1, 0.15) is 70.5 Å². The van der Waals surface area contributed by atoms with E-state index in [1.54, 1.807) is 0 Å². The van der Waals surface area contributed by atoms with E-state index >= 15 is 0 Å². The van der Waals surface area contributed by atoms with Crippen LogP contribution in [0.3, 0.4) is 0 Å². The Kier molecular flexibility index (Phi) is 8.70. The average molecular weight is 294 g/mol. The number of hydrogen-bond acceptors (Lipinski definition) is 3. The molecule has 0 aliphatic carbocycles. The van der Waals surface area contributed by atoms with E-state index in [9.17, 15) is 0 Å². The summed E-state index contributed by atoms with van der Waals surface area (Å²) in [7, 11) is 0. The summed E-state index contributed by atoms with van der Waals surface area (Å²) in [4.78, 5) is 2.51. The maximum atomic E-state index is 6.04. The Morgan fingerprint density at radius 1 is 1.19 bits per heavy atom. The lowest BCUT2D eigenvalue weighted by Crippen LogP contribution is -2.31. The highest BCUT2D eigenvalue weighted by atomic mass is 16.3. The number of nitrogens with one attached hydrogen (secondary N) is 1. The molecule has 122 valence electrons. The molecule has 0 radical (unpaired) electrons. The molecule has 1 aromatic rings. The molecule has 3 heteroatoms. The molecule has 0 aliphatic rings. The van der Waals surface area contributed by atoms with E-state index in [1.807, 2.05) is 0 Å². The van der Waals surface area contributed by atoms with E-state index in [0.29, 0.717) is 6.04 Å². The van der Waals surface area contributed by atoms with Crippen molar-refractivity contribution in [1.82, 2.24) is 10.2 Å². The molecule has 0 spiro atoms. The van der Waals surface area contributed by atoms with Gasteiger partial charge in [0.15, 0.2) is 0 Å². The van der Waals surface area contributed by atoms with Gasteiger partial charge in [-0.1, -0.05) is 26.7 Å². The molecular weight excluding hydrogens is 260 g/mol. The molecule has 21 heavy (non-hydrogen) atoms. The van der Waals surface area contributed by atoms with Crippen LogP contribution in [-0.4, -0.2) is 24.0 Å². The van der Waals surface area contributed by atoms with Crippen molar-refractivity contribution in [3.8, 4) is 0 Å². The summed E-state index contributed by atoms with van der Waals surface area (Å²) in [6.07, 6.45) is 5.02. The third-order valence-electron chi connectivity index (χ3n) is 3.92. The van der Waals surface area contributed by atoms with Crippen LogP contribution in [0, 0.1) is 6.92 Å². The Balaban J connectivity index is 2.56. The summed E-state index contributed by atoms with van der Waals surface area (Å²) in [6.45, 7) is 15.1. The van der Waals surface area contributed by atoms with Gasteiger partial charge in [0.1, 0.15) is 11.5 Å². The fourth-order valence-electron chi connectivity index (χ4n) is 2.51. The zero-order valence-corrected chi connectivity index (χ0v) is 14.7. The lowest BCUT2D eigenvalue weighted by molar-refractivity contribution is 0.191. The molecule has 1 aromatic heterocycles. The first kappa shape index (κ1) is 18.2. The second-order valence-corrected chi connectivity index (χ2v) is 6.27. The highest BCUT2D eigenvalue weighted by Crippen LogP contribution is 2.18. The monoisotopic (exact) mass is 294 g/mol. The lowest BCUT2D eigenvalue weighted by Gasteiger charge is -2.25. The van der Waals surface area contributed by atoms with Gasteiger partial charge in [-0.15, -0.1) is 0 Å². The highest BCUT2D eigenvalue weighted by molar-refractivity contribution is 5.20. The van der Waals surface area contributed by atoms with Crippen molar-refractivity contribution in [3.05, 3.63) is 23.2 Å². The largest absolute Gasteiger partial charge is 0.463 e. The summed E-state index contributed by atoms with van der Waals surface area (Å²) >= 11 is 0. The minimum absolute atomic E-state index is 0.564. The smallest absolute Gasteiger partial charge is 0.120 e. The Bertz CT molecular complexity index is 385. The standard InChI is InChI=1S/C18H34N2O/c1-6-8-9-11-20(15(3)4)14-17-12-16(5)18(21-17)13-19-10-7-2/h12,15,19H,6-11,13-14H2,1-5H3. The van der Waals surface area contributed by atoms with E-state index in [2.05, 4.69) is 50.9 Å². The van der Waals surface area contributed by atoms with Gasteiger partial charge in [0.05, 0.1) is 13.1 Å². The van der Waals surface area contributed by atoms with Crippen molar-refractivity contribution < 1.29 is 4.42 Å². The molecule has 0 unspecified atom stereocenters. The SMILES string of the molecule is CCCCCN(Cc1cc(C)c(CNCCC)o1)C(C)C. The van der Waals surface area contributed by atoms with Gasteiger partial charge in [-0.05, 0) is 58.3 Å². The van der Waals surface area contributed by atoms with E-state index < -0.39 is 0 Å². The van der Waals surface area contributed by atoms with Crippen LogP contribution < -0.4 is 5.32 Å². The minimum atomic E-state index is 0.564. The first-order valence-corrected chi connectivity index (χ1v) is 8.61. The van der Waals surface area contributed by atoms with Gasteiger partial charge in [-0.3, -0.25) is 4.90 Å². The van der Waals surface area contributed by atoms with Crippen molar-refractivity contribution in [1.29, 1.82) is 0 Å². The third kappa shape index (κ3) is 6.66. The molecule has 0 saturated heterocycles. The third-order valence-corrected chi connectivity index (χ3v) is 3.92. The lowest BCUT2D eigenvalue weighted by atomic mass is 10.2. The molecule has 0 bridgehead atoms. The van der Waals surface area contributed by atoms with Gasteiger partial charge < -0.3 is 9.73 Å². The maximum Gasteiger partial charge on any atom is 0.120 e. The molecule has 0 aliphatic heterocycles. The maximum absolute atomic E-state index is 6.04. The van der Waals surface area contributed by atoms with E-state index in [1.165, 1.54) is 24.8 Å².